The van der Waals surface area contributed by atoms with Gasteiger partial charge in [-0.1, -0.05) is 24.8 Å². The summed E-state index contributed by atoms with van der Waals surface area (Å²) in [4.78, 5) is 28.9. The zero-order valence-electron chi connectivity index (χ0n) is 20.9. The molecule has 0 spiro atoms. The van der Waals surface area contributed by atoms with E-state index in [1.54, 1.807) is 55.6 Å². The Bertz CT molecular complexity index is 1800. The number of carbonyl (C=O) groups is 1. The van der Waals surface area contributed by atoms with Crippen molar-refractivity contribution in [1.82, 2.24) is 24.5 Å². The molecule has 9 nitrogen and oxygen atoms in total. The van der Waals surface area contributed by atoms with Crippen molar-refractivity contribution in [3.05, 3.63) is 84.5 Å². The lowest BCUT2D eigenvalue weighted by Gasteiger charge is -2.15. The van der Waals surface area contributed by atoms with Crippen molar-refractivity contribution in [1.29, 1.82) is 0 Å². The lowest BCUT2D eigenvalue weighted by atomic mass is 9.95. The molecule has 2 N–H and O–H groups in total. The second-order valence-corrected chi connectivity index (χ2v) is 8.98. The summed E-state index contributed by atoms with van der Waals surface area (Å²) in [6, 6.07) is 12.0. The molecule has 1 aliphatic heterocycles. The third kappa shape index (κ3) is 4.13. The number of hydrogen-bond donors (Lipinski definition) is 2. The Morgan fingerprint density at radius 3 is 2.67 bits per heavy atom. The van der Waals surface area contributed by atoms with Crippen LogP contribution in [0, 0.1) is 12.7 Å². The van der Waals surface area contributed by atoms with Gasteiger partial charge in [0, 0.05) is 42.3 Å². The van der Waals surface area contributed by atoms with Gasteiger partial charge >= 0.3 is 6.01 Å². The van der Waals surface area contributed by atoms with Crippen LogP contribution in [-0.4, -0.2) is 30.4 Å². The van der Waals surface area contributed by atoms with Crippen LogP contribution in [0.25, 0.3) is 33.4 Å². The maximum absolute atomic E-state index is 16.0. The van der Waals surface area contributed by atoms with Crippen LogP contribution in [0.4, 0.5) is 20.3 Å². The summed E-state index contributed by atoms with van der Waals surface area (Å²) in [6.45, 7) is 4.97. The Morgan fingerprint density at radius 2 is 1.92 bits per heavy atom. The predicted octanol–water partition coefficient (Wildman–Crippen LogP) is 5.68. The number of nitrogens with zero attached hydrogens (tertiary/aromatic N) is 5. The number of halogens is 2. The zero-order valence-corrected chi connectivity index (χ0v) is 20.9. The van der Waals surface area contributed by atoms with Gasteiger partial charge in [-0.15, -0.1) is 0 Å². The topological polar surface area (TPSA) is 107 Å². The van der Waals surface area contributed by atoms with Crippen LogP contribution in [0.15, 0.2) is 67.4 Å². The lowest BCUT2D eigenvalue weighted by Crippen LogP contribution is -2.10. The standard InChI is InChI=1S/C28H21F2N7O2/c1-14-10-11-31-28(35-14)39-20-9-8-18-19(23(20)30)12-32-25-22-21(18)24(37(3)26(22)34-13-33-25)16-4-6-17(7-5-16)36-27(38)15(2)29/h4-11,13H,2,12H2,1,3H3,(H,36,38)(H,32,33,34). The smallest absolute Gasteiger partial charge is 0.322 e. The van der Waals surface area contributed by atoms with Crippen LogP contribution in [0.3, 0.4) is 0 Å². The van der Waals surface area contributed by atoms with E-state index >= 15 is 4.39 Å². The van der Waals surface area contributed by atoms with Gasteiger partial charge in [-0.3, -0.25) is 4.79 Å². The number of benzene rings is 2. The first-order valence-corrected chi connectivity index (χ1v) is 11.9. The van der Waals surface area contributed by atoms with Gasteiger partial charge < -0.3 is 19.9 Å². The van der Waals surface area contributed by atoms with Crippen molar-refractivity contribution in [2.24, 2.45) is 7.05 Å². The minimum Gasteiger partial charge on any atom is -0.421 e. The third-order valence-electron chi connectivity index (χ3n) is 6.51. The molecule has 2 aromatic carbocycles. The van der Waals surface area contributed by atoms with Crippen LogP contribution >= 0.6 is 0 Å². The van der Waals surface area contributed by atoms with Crippen molar-refractivity contribution in [2.45, 2.75) is 13.5 Å². The Balaban J connectivity index is 1.50. The molecule has 194 valence electrons. The Kier molecular flexibility index (Phi) is 5.75. The molecular weight excluding hydrogens is 504 g/mol. The van der Waals surface area contributed by atoms with E-state index in [2.05, 4.69) is 37.1 Å². The molecule has 6 rings (SSSR count). The molecule has 5 aromatic rings. The van der Waals surface area contributed by atoms with Crippen molar-refractivity contribution in [2.75, 3.05) is 10.6 Å². The molecule has 0 radical (unpaired) electrons. The van der Waals surface area contributed by atoms with Crippen molar-refractivity contribution in [3.8, 4) is 34.1 Å². The number of amides is 1. The van der Waals surface area contributed by atoms with Crippen LogP contribution < -0.4 is 15.4 Å². The number of hydrogen-bond acceptors (Lipinski definition) is 7. The molecule has 1 amide bonds. The second kappa shape index (κ2) is 9.28. The summed E-state index contributed by atoms with van der Waals surface area (Å²) in [5.74, 6) is -1.96. The lowest BCUT2D eigenvalue weighted by molar-refractivity contribution is -0.114. The molecule has 11 heteroatoms. The highest BCUT2D eigenvalue weighted by molar-refractivity contribution is 6.09. The summed E-state index contributed by atoms with van der Waals surface area (Å²) < 4.78 is 36.7. The van der Waals surface area contributed by atoms with Gasteiger partial charge in [0.2, 0.25) is 0 Å². The molecular formula is C28H21F2N7O2. The van der Waals surface area contributed by atoms with Crippen LogP contribution in [0.2, 0.25) is 0 Å². The molecule has 0 atom stereocenters. The minimum absolute atomic E-state index is 0.00135. The fraction of sp³-hybridized carbons (Fsp3) is 0.107. The molecule has 3 aromatic heterocycles. The maximum Gasteiger partial charge on any atom is 0.322 e. The van der Waals surface area contributed by atoms with Crippen LogP contribution in [-0.2, 0) is 18.4 Å². The van der Waals surface area contributed by atoms with E-state index < -0.39 is 17.6 Å². The molecule has 1 aliphatic rings. The normalized spacial score (nSPS) is 11.9. The van der Waals surface area contributed by atoms with Crippen LogP contribution in [0.5, 0.6) is 11.8 Å². The molecule has 0 saturated heterocycles. The average molecular weight is 526 g/mol. The molecule has 0 saturated carbocycles. The monoisotopic (exact) mass is 525 g/mol. The molecule has 0 unspecified atom stereocenters. The van der Waals surface area contributed by atoms with E-state index in [1.165, 1.54) is 6.33 Å². The first kappa shape index (κ1) is 24.2. The van der Waals surface area contributed by atoms with Crippen molar-refractivity contribution < 1.29 is 18.3 Å². The van der Waals surface area contributed by atoms with E-state index in [1.807, 2.05) is 11.6 Å². The SMILES string of the molecule is C=C(F)C(=O)Nc1ccc(-c2c3c4c(ncnc4n2C)NCc2c-3ccc(Oc3nccc(C)n3)c2F)cc1. The Hall–Kier alpha value is -5.19. The number of fused-ring (bicyclic) bond motifs is 2. The Labute approximate surface area is 221 Å². The van der Waals surface area contributed by atoms with Gasteiger partial charge in [-0.25, -0.2) is 28.7 Å². The minimum atomic E-state index is -1.08. The predicted molar refractivity (Wildman–Crippen MR) is 142 cm³/mol. The first-order chi connectivity index (χ1) is 18.8. The van der Waals surface area contributed by atoms with Crippen molar-refractivity contribution >= 4 is 28.4 Å². The number of aryl methyl sites for hydroxylation is 2. The van der Waals surface area contributed by atoms with Crippen LogP contribution in [0.1, 0.15) is 11.3 Å². The molecule has 39 heavy (non-hydrogen) atoms. The maximum atomic E-state index is 16.0. The van der Waals surface area contributed by atoms with E-state index in [0.29, 0.717) is 34.0 Å². The van der Waals surface area contributed by atoms with E-state index in [-0.39, 0.29) is 18.3 Å². The van der Waals surface area contributed by atoms with Gasteiger partial charge in [0.05, 0.1) is 11.1 Å². The molecule has 0 fully saturated rings. The van der Waals surface area contributed by atoms with Gasteiger partial charge in [-0.2, -0.15) is 0 Å². The second-order valence-electron chi connectivity index (χ2n) is 8.98. The van der Waals surface area contributed by atoms with Crippen molar-refractivity contribution in [3.63, 3.8) is 0 Å². The third-order valence-corrected chi connectivity index (χ3v) is 6.51. The zero-order chi connectivity index (χ0) is 27.3. The van der Waals surface area contributed by atoms with Gasteiger partial charge in [0.15, 0.2) is 17.4 Å². The average Bonchev–Trinajstić information content (AvgIpc) is 3.11. The summed E-state index contributed by atoms with van der Waals surface area (Å²) in [6.07, 6.45) is 3.00. The highest BCUT2D eigenvalue weighted by Crippen LogP contribution is 2.46. The van der Waals surface area contributed by atoms with E-state index in [4.69, 9.17) is 4.74 Å². The number of nitrogens with one attached hydrogen (secondary N) is 2. The molecule has 0 aliphatic carbocycles. The Morgan fingerprint density at radius 1 is 1.13 bits per heavy atom. The largest absolute Gasteiger partial charge is 0.421 e. The highest BCUT2D eigenvalue weighted by Gasteiger charge is 2.29. The van der Waals surface area contributed by atoms with E-state index in [0.717, 1.165) is 22.2 Å². The number of rotatable bonds is 5. The summed E-state index contributed by atoms with van der Waals surface area (Å²) in [5.41, 5.74) is 5.08. The highest BCUT2D eigenvalue weighted by atomic mass is 19.1. The van der Waals surface area contributed by atoms with E-state index in [9.17, 15) is 9.18 Å². The number of anilines is 2. The van der Waals surface area contributed by atoms with Gasteiger partial charge in [0.25, 0.3) is 5.91 Å². The number of ether oxygens (including phenoxy) is 1. The summed E-state index contributed by atoms with van der Waals surface area (Å²) >= 11 is 0. The molecule has 4 heterocycles. The first-order valence-electron chi connectivity index (χ1n) is 11.9. The number of carbonyl (C=O) groups excluding carboxylic acids is 1. The summed E-state index contributed by atoms with van der Waals surface area (Å²) in [7, 11) is 1.87. The number of aromatic nitrogens is 5. The quantitative estimate of drug-likeness (QED) is 0.284. The van der Waals surface area contributed by atoms with Gasteiger partial charge in [-0.05, 0) is 42.3 Å². The fourth-order valence-corrected chi connectivity index (χ4v) is 4.73. The van der Waals surface area contributed by atoms with Gasteiger partial charge in [0.1, 0.15) is 17.8 Å². The fourth-order valence-electron chi connectivity index (χ4n) is 4.73. The summed E-state index contributed by atoms with van der Waals surface area (Å²) in [5, 5.41) is 6.43. The molecule has 0 bridgehead atoms.